The van der Waals surface area contributed by atoms with Crippen LogP contribution >= 0.6 is 0 Å². The molecular formula is C10H16O2. The molecule has 2 heteroatoms. The summed E-state index contributed by atoms with van der Waals surface area (Å²) in [7, 11) is 0. The lowest BCUT2D eigenvalue weighted by Gasteiger charge is -1.97. The van der Waals surface area contributed by atoms with Gasteiger partial charge in [0.05, 0.1) is 0 Å². The van der Waals surface area contributed by atoms with Crippen LogP contribution in [0.5, 0.6) is 0 Å². The molecule has 12 heavy (non-hydrogen) atoms. The molecule has 0 bridgehead atoms. The monoisotopic (exact) mass is 168 g/mol. The van der Waals surface area contributed by atoms with Crippen molar-refractivity contribution in [2.75, 3.05) is 0 Å². The third-order valence-electron chi connectivity index (χ3n) is 1.23. The number of ether oxygens (including phenoxy) is 1. The minimum absolute atomic E-state index is 0.271. The third-order valence-corrected chi connectivity index (χ3v) is 1.23. The van der Waals surface area contributed by atoms with Gasteiger partial charge >= 0.3 is 5.97 Å². The first-order chi connectivity index (χ1) is 5.66. The van der Waals surface area contributed by atoms with E-state index < -0.39 is 0 Å². The number of rotatable bonds is 4. The fraction of sp³-hybridized carbons (Fsp3) is 0.500. The Morgan fingerprint density at radius 1 is 1.42 bits per heavy atom. The van der Waals surface area contributed by atoms with E-state index in [0.717, 1.165) is 12.8 Å². The predicted octanol–water partition coefficient (Wildman–Crippen LogP) is 2.81. The van der Waals surface area contributed by atoms with E-state index in [-0.39, 0.29) is 5.97 Å². The minimum atomic E-state index is -0.271. The summed E-state index contributed by atoms with van der Waals surface area (Å²) in [5.41, 5.74) is 0. The Morgan fingerprint density at radius 3 is 2.58 bits per heavy atom. The van der Waals surface area contributed by atoms with E-state index in [1.165, 1.54) is 6.92 Å². The Hall–Kier alpha value is -1.05. The van der Waals surface area contributed by atoms with Crippen molar-refractivity contribution in [2.24, 2.45) is 0 Å². The SMILES string of the molecule is CCCC=CC=C(C)OC(C)=O. The average molecular weight is 168 g/mol. The first-order valence-electron chi connectivity index (χ1n) is 4.18. The van der Waals surface area contributed by atoms with Gasteiger partial charge in [-0.2, -0.15) is 0 Å². The summed E-state index contributed by atoms with van der Waals surface area (Å²) < 4.78 is 4.80. The van der Waals surface area contributed by atoms with Gasteiger partial charge in [-0.3, -0.25) is 4.79 Å². The number of carbonyl (C=O) groups excluding carboxylic acids is 1. The summed E-state index contributed by atoms with van der Waals surface area (Å²) in [5.74, 6) is 0.363. The van der Waals surface area contributed by atoms with Gasteiger partial charge < -0.3 is 4.74 Å². The van der Waals surface area contributed by atoms with Crippen LogP contribution in [0.4, 0.5) is 0 Å². The predicted molar refractivity (Wildman–Crippen MR) is 49.6 cm³/mol. The summed E-state index contributed by atoms with van der Waals surface area (Å²) >= 11 is 0. The third kappa shape index (κ3) is 7.06. The molecule has 0 N–H and O–H groups in total. The zero-order chi connectivity index (χ0) is 9.40. The van der Waals surface area contributed by atoms with Crippen molar-refractivity contribution in [3.8, 4) is 0 Å². The quantitative estimate of drug-likeness (QED) is 0.366. The first kappa shape index (κ1) is 11.0. The molecule has 0 aliphatic carbocycles. The molecule has 0 rings (SSSR count). The molecule has 0 aromatic rings. The molecule has 68 valence electrons. The highest BCUT2D eigenvalue weighted by atomic mass is 16.5. The second-order valence-corrected chi connectivity index (χ2v) is 2.59. The Morgan fingerprint density at radius 2 is 2.08 bits per heavy atom. The van der Waals surface area contributed by atoms with Crippen LogP contribution in [0.2, 0.25) is 0 Å². The zero-order valence-corrected chi connectivity index (χ0v) is 7.96. The Balaban J connectivity index is 3.75. The van der Waals surface area contributed by atoms with E-state index in [1.807, 2.05) is 12.2 Å². The fourth-order valence-corrected chi connectivity index (χ4v) is 0.727. The lowest BCUT2D eigenvalue weighted by molar-refractivity contribution is -0.136. The summed E-state index contributed by atoms with van der Waals surface area (Å²) in [6, 6.07) is 0. The van der Waals surface area contributed by atoms with Gasteiger partial charge in [0.15, 0.2) is 0 Å². The summed E-state index contributed by atoms with van der Waals surface area (Å²) in [4.78, 5) is 10.5. The molecule has 0 saturated heterocycles. The van der Waals surface area contributed by atoms with E-state index in [9.17, 15) is 4.79 Å². The van der Waals surface area contributed by atoms with Gasteiger partial charge in [-0.1, -0.05) is 25.5 Å². The maximum Gasteiger partial charge on any atom is 0.307 e. The van der Waals surface area contributed by atoms with Gasteiger partial charge in [-0.05, 0) is 19.4 Å². The van der Waals surface area contributed by atoms with Crippen molar-refractivity contribution in [1.82, 2.24) is 0 Å². The smallest absolute Gasteiger partial charge is 0.307 e. The van der Waals surface area contributed by atoms with Crippen LogP contribution in [-0.2, 0) is 9.53 Å². The number of carbonyl (C=O) groups is 1. The van der Waals surface area contributed by atoms with Crippen LogP contribution in [0, 0.1) is 0 Å². The van der Waals surface area contributed by atoms with Crippen LogP contribution in [0.1, 0.15) is 33.6 Å². The number of hydrogen-bond acceptors (Lipinski definition) is 2. The van der Waals surface area contributed by atoms with Crippen LogP contribution in [-0.4, -0.2) is 5.97 Å². The second kappa shape index (κ2) is 6.65. The lowest BCUT2D eigenvalue weighted by atomic mass is 10.3. The fourth-order valence-electron chi connectivity index (χ4n) is 0.727. The molecule has 0 amide bonds. The molecule has 0 aliphatic rings. The Bertz CT molecular complexity index is 190. The number of allylic oxidation sites excluding steroid dienone is 4. The van der Waals surface area contributed by atoms with Crippen LogP contribution < -0.4 is 0 Å². The molecule has 0 unspecified atom stereocenters. The maximum atomic E-state index is 10.5. The molecule has 2 nitrogen and oxygen atoms in total. The van der Waals surface area contributed by atoms with Gasteiger partial charge in [-0.25, -0.2) is 0 Å². The molecule has 0 spiro atoms. The van der Waals surface area contributed by atoms with Crippen LogP contribution in [0.3, 0.4) is 0 Å². The van der Waals surface area contributed by atoms with Gasteiger partial charge in [0.2, 0.25) is 0 Å². The minimum Gasteiger partial charge on any atom is -0.432 e. The highest BCUT2D eigenvalue weighted by molar-refractivity contribution is 5.67. The summed E-state index contributed by atoms with van der Waals surface area (Å²) in [5, 5.41) is 0. The molecule has 0 heterocycles. The number of hydrogen-bond donors (Lipinski definition) is 0. The molecular weight excluding hydrogens is 152 g/mol. The van der Waals surface area contributed by atoms with Crippen LogP contribution in [0.25, 0.3) is 0 Å². The van der Waals surface area contributed by atoms with Gasteiger partial charge in [0, 0.05) is 6.92 Å². The molecule has 0 radical (unpaired) electrons. The van der Waals surface area contributed by atoms with Gasteiger partial charge in [0.1, 0.15) is 5.76 Å². The molecule has 0 saturated carbocycles. The van der Waals surface area contributed by atoms with E-state index in [0.29, 0.717) is 5.76 Å². The van der Waals surface area contributed by atoms with Crippen molar-refractivity contribution in [2.45, 2.75) is 33.6 Å². The van der Waals surface area contributed by atoms with E-state index in [4.69, 9.17) is 4.74 Å². The zero-order valence-electron chi connectivity index (χ0n) is 7.96. The largest absolute Gasteiger partial charge is 0.432 e. The van der Waals surface area contributed by atoms with E-state index in [1.54, 1.807) is 13.0 Å². The first-order valence-corrected chi connectivity index (χ1v) is 4.18. The summed E-state index contributed by atoms with van der Waals surface area (Å²) in [6.07, 6.45) is 7.94. The molecule has 0 atom stereocenters. The molecule has 0 aromatic carbocycles. The summed E-state index contributed by atoms with van der Waals surface area (Å²) in [6.45, 7) is 5.28. The van der Waals surface area contributed by atoms with Gasteiger partial charge in [-0.15, -0.1) is 0 Å². The standard InChI is InChI=1S/C10H16O2/c1-4-5-6-7-8-9(2)12-10(3)11/h6-8H,4-5H2,1-3H3. The van der Waals surface area contributed by atoms with Gasteiger partial charge in [0.25, 0.3) is 0 Å². The van der Waals surface area contributed by atoms with Crippen molar-refractivity contribution in [3.05, 3.63) is 24.0 Å². The van der Waals surface area contributed by atoms with E-state index in [2.05, 4.69) is 6.92 Å². The Labute approximate surface area is 73.9 Å². The molecule has 0 aromatic heterocycles. The van der Waals surface area contributed by atoms with Crippen molar-refractivity contribution >= 4 is 5.97 Å². The number of unbranched alkanes of at least 4 members (excludes halogenated alkanes) is 1. The van der Waals surface area contributed by atoms with Crippen molar-refractivity contribution < 1.29 is 9.53 Å². The topological polar surface area (TPSA) is 26.3 Å². The Kier molecular flexibility index (Phi) is 6.07. The second-order valence-electron chi connectivity index (χ2n) is 2.59. The molecule has 0 aliphatic heterocycles. The number of esters is 1. The van der Waals surface area contributed by atoms with E-state index >= 15 is 0 Å². The van der Waals surface area contributed by atoms with Crippen LogP contribution in [0.15, 0.2) is 24.0 Å². The lowest BCUT2D eigenvalue weighted by Crippen LogP contribution is -1.94. The highest BCUT2D eigenvalue weighted by Crippen LogP contribution is 1.97. The average Bonchev–Trinajstić information content (AvgIpc) is 1.97. The normalized spacial score (nSPS) is 12.1. The van der Waals surface area contributed by atoms with Crippen molar-refractivity contribution in [3.63, 3.8) is 0 Å². The van der Waals surface area contributed by atoms with Crippen molar-refractivity contribution in [1.29, 1.82) is 0 Å². The molecule has 0 fully saturated rings. The maximum absolute atomic E-state index is 10.5. The highest BCUT2D eigenvalue weighted by Gasteiger charge is 1.91.